The lowest BCUT2D eigenvalue weighted by Gasteiger charge is -2.02. The summed E-state index contributed by atoms with van der Waals surface area (Å²) < 4.78 is 6.16. The van der Waals surface area contributed by atoms with Crippen LogP contribution in [0.1, 0.15) is 16.4 Å². The molecule has 0 saturated heterocycles. The molecular weight excluding hydrogens is 315 g/mol. The van der Waals surface area contributed by atoms with Gasteiger partial charge in [-0.15, -0.1) is 0 Å². The highest BCUT2D eigenvalue weighted by Gasteiger charge is 2.14. The minimum absolute atomic E-state index is 0.392. The van der Waals surface area contributed by atoms with Crippen molar-refractivity contribution in [3.05, 3.63) is 36.2 Å². The van der Waals surface area contributed by atoms with E-state index in [0.717, 1.165) is 16.5 Å². The van der Waals surface area contributed by atoms with E-state index < -0.39 is 0 Å². The molecule has 16 heavy (non-hydrogen) atoms. The Hall–Kier alpha value is -1.17. The van der Waals surface area contributed by atoms with Crippen molar-refractivity contribution in [2.45, 2.75) is 10.8 Å². The largest absolute Gasteiger partial charge is 0.436 e. The van der Waals surface area contributed by atoms with Gasteiger partial charge >= 0.3 is 0 Å². The molecule has 3 aromatic heterocycles. The second-order valence-electron chi connectivity index (χ2n) is 3.65. The first-order valence-corrected chi connectivity index (χ1v) is 6.28. The van der Waals surface area contributed by atoms with Crippen LogP contribution >= 0.6 is 22.6 Å². The number of aromatic nitrogens is 2. The number of fused-ring (bicyclic) bond motifs is 3. The molecule has 0 radical (unpaired) electrons. The molecule has 1 unspecified atom stereocenters. The molecule has 0 fully saturated rings. The predicted molar refractivity (Wildman–Crippen MR) is 71.7 cm³/mol. The summed E-state index contributed by atoms with van der Waals surface area (Å²) in [6.07, 6.45) is 3.56. The van der Waals surface area contributed by atoms with Crippen molar-refractivity contribution in [1.29, 1.82) is 0 Å². The molecule has 3 heterocycles. The van der Waals surface area contributed by atoms with Gasteiger partial charge in [-0.2, -0.15) is 0 Å². The number of nitrogens with zero attached hydrogens (tertiary/aromatic N) is 2. The predicted octanol–water partition coefficient (Wildman–Crippen LogP) is 3.87. The van der Waals surface area contributed by atoms with Crippen LogP contribution in [0, 0.1) is 0 Å². The number of rotatable bonds is 1. The summed E-state index contributed by atoms with van der Waals surface area (Å²) in [5.41, 5.74) is 3.60. The van der Waals surface area contributed by atoms with Crippen LogP contribution in [-0.2, 0) is 0 Å². The Morgan fingerprint density at radius 1 is 1.25 bits per heavy atom. The van der Waals surface area contributed by atoms with Gasteiger partial charge < -0.3 is 4.42 Å². The molecular formula is C12H9IN2O. The Morgan fingerprint density at radius 2 is 2.12 bits per heavy atom. The number of hydrogen-bond donors (Lipinski definition) is 0. The van der Waals surface area contributed by atoms with Crippen LogP contribution in [0.15, 0.2) is 35.0 Å². The van der Waals surface area contributed by atoms with Gasteiger partial charge in [-0.25, -0.2) is 4.98 Å². The first-order valence-electron chi connectivity index (χ1n) is 5.03. The lowest BCUT2D eigenvalue weighted by Crippen LogP contribution is -1.85. The minimum Gasteiger partial charge on any atom is -0.436 e. The number of halogens is 1. The van der Waals surface area contributed by atoms with E-state index in [1.807, 2.05) is 24.4 Å². The van der Waals surface area contributed by atoms with Crippen LogP contribution in [0.3, 0.4) is 0 Å². The maximum Gasteiger partial charge on any atom is 0.228 e. The van der Waals surface area contributed by atoms with Gasteiger partial charge in [0.05, 0.1) is 5.39 Å². The fourth-order valence-corrected chi connectivity index (χ4v) is 2.31. The van der Waals surface area contributed by atoms with E-state index in [-0.39, 0.29) is 0 Å². The van der Waals surface area contributed by atoms with Crippen molar-refractivity contribution in [2.24, 2.45) is 0 Å². The van der Waals surface area contributed by atoms with Crippen LogP contribution < -0.4 is 0 Å². The lowest BCUT2D eigenvalue weighted by molar-refractivity contribution is 0.648. The number of hydrogen-bond acceptors (Lipinski definition) is 3. The Balaban J connectivity index is 2.49. The summed E-state index contributed by atoms with van der Waals surface area (Å²) >= 11 is 2.37. The Bertz CT molecular complexity index is 660. The highest BCUT2D eigenvalue weighted by molar-refractivity contribution is 14.1. The van der Waals surface area contributed by atoms with Crippen molar-refractivity contribution in [3.8, 4) is 0 Å². The summed E-state index contributed by atoms with van der Waals surface area (Å²) in [4.78, 5) is 8.59. The summed E-state index contributed by atoms with van der Waals surface area (Å²) in [5, 5.41) is 0.983. The van der Waals surface area contributed by atoms with Crippen molar-refractivity contribution in [1.82, 2.24) is 9.97 Å². The van der Waals surface area contributed by atoms with Crippen molar-refractivity contribution in [2.75, 3.05) is 0 Å². The SMILES string of the molecule is CC(I)c1ccnc2c1oc1ncccc12. The van der Waals surface area contributed by atoms with Crippen molar-refractivity contribution >= 4 is 44.8 Å². The third-order valence-corrected chi connectivity index (χ3v) is 3.26. The molecule has 0 amide bonds. The quantitative estimate of drug-likeness (QED) is 0.504. The summed E-state index contributed by atoms with van der Waals surface area (Å²) in [7, 11) is 0. The standard InChI is InChI=1S/C12H9IN2O/c1-7(13)8-4-6-14-10-9-3-2-5-15-12(9)16-11(8)10/h2-7H,1H3. The molecule has 3 rings (SSSR count). The highest BCUT2D eigenvalue weighted by Crippen LogP contribution is 2.33. The van der Waals surface area contributed by atoms with Crippen LogP contribution in [0.25, 0.3) is 22.2 Å². The van der Waals surface area contributed by atoms with Gasteiger partial charge in [-0.05, 0) is 25.1 Å². The van der Waals surface area contributed by atoms with Gasteiger partial charge in [0.2, 0.25) is 5.71 Å². The van der Waals surface area contributed by atoms with E-state index in [1.165, 1.54) is 5.56 Å². The Morgan fingerprint density at radius 3 is 2.94 bits per heavy atom. The van der Waals surface area contributed by atoms with Crippen molar-refractivity contribution < 1.29 is 4.42 Å². The Kier molecular flexibility index (Phi) is 2.31. The summed E-state index contributed by atoms with van der Waals surface area (Å²) in [5.74, 6) is 0. The maximum atomic E-state index is 5.77. The normalized spacial score (nSPS) is 13.4. The molecule has 0 aliphatic carbocycles. The summed E-state index contributed by atoms with van der Waals surface area (Å²) in [6, 6.07) is 5.89. The van der Waals surface area contributed by atoms with Gasteiger partial charge in [0.1, 0.15) is 5.52 Å². The molecule has 0 aromatic carbocycles. The van der Waals surface area contributed by atoms with E-state index >= 15 is 0 Å². The van der Waals surface area contributed by atoms with E-state index in [4.69, 9.17) is 4.42 Å². The second kappa shape index (κ2) is 3.69. The molecule has 0 bridgehead atoms. The van der Waals surface area contributed by atoms with E-state index in [9.17, 15) is 0 Å². The number of pyridine rings is 2. The molecule has 80 valence electrons. The van der Waals surface area contributed by atoms with Crippen LogP contribution in [-0.4, -0.2) is 9.97 Å². The zero-order chi connectivity index (χ0) is 11.1. The van der Waals surface area contributed by atoms with E-state index in [2.05, 4.69) is 39.5 Å². The molecule has 3 nitrogen and oxygen atoms in total. The third kappa shape index (κ3) is 1.40. The minimum atomic E-state index is 0.392. The van der Waals surface area contributed by atoms with Crippen LogP contribution in [0.5, 0.6) is 0 Å². The zero-order valence-corrected chi connectivity index (χ0v) is 10.8. The van der Waals surface area contributed by atoms with E-state index in [0.29, 0.717) is 9.64 Å². The number of furan rings is 1. The van der Waals surface area contributed by atoms with E-state index in [1.54, 1.807) is 6.20 Å². The molecule has 0 spiro atoms. The zero-order valence-electron chi connectivity index (χ0n) is 8.64. The smallest absolute Gasteiger partial charge is 0.228 e. The average Bonchev–Trinajstić information content (AvgIpc) is 2.67. The van der Waals surface area contributed by atoms with Crippen LogP contribution in [0.4, 0.5) is 0 Å². The second-order valence-corrected chi connectivity index (χ2v) is 5.52. The third-order valence-electron chi connectivity index (χ3n) is 2.59. The molecule has 3 aromatic rings. The summed E-state index contributed by atoms with van der Waals surface area (Å²) in [6.45, 7) is 2.13. The number of alkyl halides is 1. The molecule has 1 atom stereocenters. The Labute approximate surface area is 106 Å². The lowest BCUT2D eigenvalue weighted by atomic mass is 10.1. The van der Waals surface area contributed by atoms with Gasteiger partial charge in [-0.3, -0.25) is 4.98 Å². The molecule has 4 heteroatoms. The average molecular weight is 324 g/mol. The van der Waals surface area contributed by atoms with Gasteiger partial charge in [0.15, 0.2) is 5.58 Å². The first kappa shape index (κ1) is 10.0. The fourth-order valence-electron chi connectivity index (χ4n) is 1.82. The molecule has 0 saturated carbocycles. The monoisotopic (exact) mass is 324 g/mol. The van der Waals surface area contributed by atoms with Gasteiger partial charge in [0.25, 0.3) is 0 Å². The molecule has 0 N–H and O–H groups in total. The van der Waals surface area contributed by atoms with Crippen molar-refractivity contribution in [3.63, 3.8) is 0 Å². The fraction of sp³-hybridized carbons (Fsp3) is 0.167. The molecule has 0 aliphatic rings. The molecule has 0 aliphatic heterocycles. The maximum absolute atomic E-state index is 5.77. The highest BCUT2D eigenvalue weighted by atomic mass is 127. The topological polar surface area (TPSA) is 38.9 Å². The van der Waals surface area contributed by atoms with Crippen LogP contribution in [0.2, 0.25) is 0 Å². The van der Waals surface area contributed by atoms with Gasteiger partial charge in [0, 0.05) is 21.9 Å². The van der Waals surface area contributed by atoms with Gasteiger partial charge in [-0.1, -0.05) is 22.6 Å². The first-order chi connectivity index (χ1) is 7.77.